The number of nitrogens with zero attached hydrogens (tertiary/aromatic N) is 1. The molecule has 4 rings (SSSR count). The Labute approximate surface area is 170 Å². The first-order valence-electron chi connectivity index (χ1n) is 10.00. The van der Waals surface area contributed by atoms with Crippen LogP contribution in [0, 0.1) is 5.82 Å². The second-order valence-electron chi connectivity index (χ2n) is 7.47. The van der Waals surface area contributed by atoms with Gasteiger partial charge in [-0.05, 0) is 49.1 Å². The van der Waals surface area contributed by atoms with E-state index in [0.717, 1.165) is 18.5 Å². The normalized spacial score (nSPS) is 17.3. The second-order valence-corrected chi connectivity index (χ2v) is 7.47. The predicted octanol–water partition coefficient (Wildman–Crippen LogP) is 2.99. The smallest absolute Gasteiger partial charge is 0.314 e. The number of rotatable bonds is 6. The molecule has 154 valence electrons. The first kappa shape index (κ1) is 19.5. The number of hydrogen-bond acceptors (Lipinski definition) is 4. The number of carbonyl (C=O) groups excluding carboxylic acids is 1. The zero-order valence-electron chi connectivity index (χ0n) is 16.5. The van der Waals surface area contributed by atoms with Crippen LogP contribution in [0.15, 0.2) is 36.4 Å². The molecule has 0 aromatic heterocycles. The maximum Gasteiger partial charge on any atom is 0.314 e. The monoisotopic (exact) mass is 399 g/mol. The van der Waals surface area contributed by atoms with Crippen LogP contribution in [0.1, 0.15) is 23.6 Å². The number of benzene rings is 2. The lowest BCUT2D eigenvalue weighted by atomic mass is 10.1. The fourth-order valence-corrected chi connectivity index (χ4v) is 4.08. The highest BCUT2D eigenvalue weighted by Crippen LogP contribution is 2.31. The number of ether oxygens (including phenoxy) is 2. The van der Waals surface area contributed by atoms with Gasteiger partial charge in [0.2, 0.25) is 0 Å². The highest BCUT2D eigenvalue weighted by molar-refractivity contribution is 5.74. The number of urea groups is 1. The van der Waals surface area contributed by atoms with Gasteiger partial charge in [-0.25, -0.2) is 9.18 Å². The van der Waals surface area contributed by atoms with Gasteiger partial charge in [0.15, 0.2) is 6.79 Å². The van der Waals surface area contributed by atoms with Crippen molar-refractivity contribution in [2.75, 3.05) is 31.3 Å². The van der Waals surface area contributed by atoms with Crippen LogP contribution >= 0.6 is 0 Å². The maximum absolute atomic E-state index is 13.8. The van der Waals surface area contributed by atoms with Gasteiger partial charge in [0, 0.05) is 36.9 Å². The summed E-state index contributed by atoms with van der Waals surface area (Å²) >= 11 is 0. The van der Waals surface area contributed by atoms with Crippen LogP contribution in [0.4, 0.5) is 14.9 Å². The Hall–Kier alpha value is -2.80. The van der Waals surface area contributed by atoms with Crippen molar-refractivity contribution in [2.24, 2.45) is 0 Å². The fraction of sp³-hybridized carbons (Fsp3) is 0.409. The Morgan fingerprint density at radius 1 is 1.21 bits per heavy atom. The molecule has 0 radical (unpaired) electrons. The number of anilines is 1. The molecule has 0 spiro atoms. The predicted molar refractivity (Wildman–Crippen MR) is 109 cm³/mol. The first-order chi connectivity index (χ1) is 14.1. The van der Waals surface area contributed by atoms with E-state index in [9.17, 15) is 9.18 Å². The summed E-state index contributed by atoms with van der Waals surface area (Å²) in [5, 5.41) is 5.74. The number of halogens is 1. The molecule has 2 aromatic carbocycles. The van der Waals surface area contributed by atoms with Crippen molar-refractivity contribution < 1.29 is 18.7 Å². The van der Waals surface area contributed by atoms with Gasteiger partial charge in [-0.15, -0.1) is 0 Å². The third-order valence-electron chi connectivity index (χ3n) is 5.42. The van der Waals surface area contributed by atoms with Gasteiger partial charge >= 0.3 is 6.03 Å². The Bertz CT molecular complexity index is 890. The zero-order valence-corrected chi connectivity index (χ0v) is 16.5. The summed E-state index contributed by atoms with van der Waals surface area (Å²) in [4.78, 5) is 14.5. The fourth-order valence-electron chi connectivity index (χ4n) is 4.08. The standard InChI is InChI=1S/C22H26FN3O3/c1-15-10-16-4-2-3-5-20(16)26(15)9-8-25-22(27)24-7-6-17-11-19(23)12-18-13-28-14-29-21(17)18/h2-5,11-12,15H,6-10,13-14H2,1H3,(H2,24,25,27). The highest BCUT2D eigenvalue weighted by atomic mass is 19.1. The minimum absolute atomic E-state index is 0.164. The number of hydrogen-bond donors (Lipinski definition) is 2. The van der Waals surface area contributed by atoms with Crippen molar-refractivity contribution in [1.82, 2.24) is 10.6 Å². The molecular formula is C22H26FN3O3. The molecule has 2 N–H and O–H groups in total. The molecule has 2 aliphatic rings. The Morgan fingerprint density at radius 3 is 2.93 bits per heavy atom. The van der Waals surface area contributed by atoms with Gasteiger partial charge in [-0.2, -0.15) is 0 Å². The molecule has 29 heavy (non-hydrogen) atoms. The number of carbonyl (C=O) groups is 1. The summed E-state index contributed by atoms with van der Waals surface area (Å²) in [7, 11) is 0. The van der Waals surface area contributed by atoms with Gasteiger partial charge in [0.05, 0.1) is 6.61 Å². The van der Waals surface area contributed by atoms with Gasteiger partial charge < -0.3 is 25.0 Å². The first-order valence-corrected chi connectivity index (χ1v) is 10.00. The lowest BCUT2D eigenvalue weighted by molar-refractivity contribution is -0.0172. The summed E-state index contributed by atoms with van der Waals surface area (Å²) in [5.41, 5.74) is 4.05. The van der Waals surface area contributed by atoms with Crippen LogP contribution in [-0.4, -0.2) is 38.5 Å². The van der Waals surface area contributed by atoms with Crippen LogP contribution in [0.3, 0.4) is 0 Å². The molecule has 6 nitrogen and oxygen atoms in total. The summed E-state index contributed by atoms with van der Waals surface area (Å²) in [6.07, 6.45) is 1.53. The van der Waals surface area contributed by atoms with Gasteiger partial charge in [-0.1, -0.05) is 18.2 Å². The molecule has 1 atom stereocenters. The number of nitrogens with one attached hydrogen (secondary N) is 2. The summed E-state index contributed by atoms with van der Waals surface area (Å²) in [5.74, 6) is 0.346. The van der Waals surface area contributed by atoms with Crippen molar-refractivity contribution in [1.29, 1.82) is 0 Å². The molecule has 0 aliphatic carbocycles. The molecule has 0 saturated heterocycles. The molecule has 2 aromatic rings. The Morgan fingerprint density at radius 2 is 2.03 bits per heavy atom. The summed E-state index contributed by atoms with van der Waals surface area (Å²) in [6, 6.07) is 11.5. The van der Waals surface area contributed by atoms with Crippen LogP contribution in [0.2, 0.25) is 0 Å². The van der Waals surface area contributed by atoms with Crippen LogP contribution in [-0.2, 0) is 24.2 Å². The molecule has 0 saturated carbocycles. The maximum atomic E-state index is 13.8. The minimum atomic E-state index is -0.322. The van der Waals surface area contributed by atoms with E-state index in [1.807, 2.05) is 6.07 Å². The average molecular weight is 399 g/mol. The van der Waals surface area contributed by atoms with Crippen molar-refractivity contribution in [3.8, 4) is 5.75 Å². The van der Waals surface area contributed by atoms with Crippen molar-refractivity contribution >= 4 is 11.7 Å². The van der Waals surface area contributed by atoms with Crippen molar-refractivity contribution in [3.05, 3.63) is 58.9 Å². The van der Waals surface area contributed by atoms with E-state index < -0.39 is 0 Å². The topological polar surface area (TPSA) is 62.8 Å². The van der Waals surface area contributed by atoms with E-state index in [0.29, 0.717) is 43.5 Å². The van der Waals surface area contributed by atoms with Crippen LogP contribution in [0.25, 0.3) is 0 Å². The van der Waals surface area contributed by atoms with Crippen molar-refractivity contribution in [2.45, 2.75) is 32.4 Å². The van der Waals surface area contributed by atoms with Crippen LogP contribution < -0.4 is 20.3 Å². The lowest BCUT2D eigenvalue weighted by Gasteiger charge is -2.25. The van der Waals surface area contributed by atoms with E-state index in [1.165, 1.54) is 23.4 Å². The van der Waals surface area contributed by atoms with Gasteiger partial charge in [0.1, 0.15) is 11.6 Å². The average Bonchev–Trinajstić information content (AvgIpc) is 3.03. The molecular weight excluding hydrogens is 373 g/mol. The van der Waals surface area contributed by atoms with Crippen LogP contribution in [0.5, 0.6) is 5.75 Å². The lowest BCUT2D eigenvalue weighted by Crippen LogP contribution is -2.42. The second kappa shape index (κ2) is 8.69. The van der Waals surface area contributed by atoms with Gasteiger partial charge in [-0.3, -0.25) is 0 Å². The van der Waals surface area contributed by atoms with Crippen molar-refractivity contribution in [3.63, 3.8) is 0 Å². The zero-order chi connectivity index (χ0) is 20.2. The largest absolute Gasteiger partial charge is 0.467 e. The Kier molecular flexibility index (Phi) is 5.85. The molecule has 1 unspecified atom stereocenters. The highest BCUT2D eigenvalue weighted by Gasteiger charge is 2.24. The quantitative estimate of drug-likeness (QED) is 0.784. The van der Waals surface area contributed by atoms with E-state index in [2.05, 4.69) is 40.7 Å². The summed E-state index contributed by atoms with van der Waals surface area (Å²) in [6.45, 7) is 4.42. The molecule has 2 amide bonds. The Balaban J connectivity index is 1.23. The number of para-hydroxylation sites is 1. The van der Waals surface area contributed by atoms with Gasteiger partial charge in [0.25, 0.3) is 0 Å². The summed E-state index contributed by atoms with van der Waals surface area (Å²) < 4.78 is 24.5. The number of amides is 2. The molecule has 0 fully saturated rings. The van der Waals surface area contributed by atoms with E-state index in [4.69, 9.17) is 9.47 Å². The van der Waals surface area contributed by atoms with E-state index in [-0.39, 0.29) is 18.6 Å². The SMILES string of the molecule is CC1Cc2ccccc2N1CCNC(=O)NCCc1cc(F)cc2c1OCOC2. The van der Waals surface area contributed by atoms with E-state index >= 15 is 0 Å². The van der Waals surface area contributed by atoms with E-state index in [1.54, 1.807) is 0 Å². The third kappa shape index (κ3) is 4.45. The number of fused-ring (bicyclic) bond motifs is 2. The molecule has 0 bridgehead atoms. The molecule has 7 heteroatoms. The minimum Gasteiger partial charge on any atom is -0.467 e. The molecule has 2 aliphatic heterocycles. The third-order valence-corrected chi connectivity index (χ3v) is 5.42. The molecule has 2 heterocycles.